The van der Waals surface area contributed by atoms with Gasteiger partial charge in [0.1, 0.15) is 0 Å². The minimum Gasteiger partial charge on any atom is -0.383 e. The molecule has 106 valence electrons. The van der Waals surface area contributed by atoms with E-state index in [0.29, 0.717) is 10.2 Å². The Morgan fingerprint density at radius 1 is 1.42 bits per heavy atom. The highest BCUT2D eigenvalue weighted by atomic mass is 79.9. The summed E-state index contributed by atoms with van der Waals surface area (Å²) < 4.78 is 24.7. The van der Waals surface area contributed by atoms with E-state index in [1.807, 2.05) is 0 Å². The zero-order chi connectivity index (χ0) is 14.6. The number of rotatable bonds is 6. The summed E-state index contributed by atoms with van der Waals surface area (Å²) in [6.07, 6.45) is 0. The van der Waals surface area contributed by atoms with Crippen molar-refractivity contribution >= 4 is 37.3 Å². The molecular formula is C10H14BrN3O4S. The van der Waals surface area contributed by atoms with Crippen molar-refractivity contribution in [1.82, 2.24) is 4.31 Å². The van der Waals surface area contributed by atoms with E-state index in [1.54, 1.807) is 0 Å². The summed E-state index contributed by atoms with van der Waals surface area (Å²) in [5.74, 6) is -0.0522. The summed E-state index contributed by atoms with van der Waals surface area (Å²) in [6, 6.07) is 4.25. The number of nitrogens with one attached hydrogen (secondary N) is 1. The van der Waals surface area contributed by atoms with Gasteiger partial charge >= 0.3 is 0 Å². The molecule has 1 aromatic carbocycles. The van der Waals surface area contributed by atoms with Gasteiger partial charge in [0.05, 0.1) is 10.7 Å². The van der Waals surface area contributed by atoms with E-state index in [9.17, 15) is 18.5 Å². The van der Waals surface area contributed by atoms with Crippen molar-refractivity contribution in [1.29, 1.82) is 0 Å². The number of nitro benzene ring substituents is 1. The third-order valence-electron chi connectivity index (χ3n) is 2.40. The van der Waals surface area contributed by atoms with E-state index < -0.39 is 14.9 Å². The van der Waals surface area contributed by atoms with Crippen LogP contribution in [0.1, 0.15) is 0 Å². The van der Waals surface area contributed by atoms with Crippen molar-refractivity contribution in [2.45, 2.75) is 0 Å². The van der Waals surface area contributed by atoms with E-state index in [1.165, 1.54) is 32.3 Å². The number of anilines is 1. The summed E-state index contributed by atoms with van der Waals surface area (Å²) in [5.41, 5.74) is 0.581. The van der Waals surface area contributed by atoms with Crippen LogP contribution in [0.25, 0.3) is 0 Å². The van der Waals surface area contributed by atoms with E-state index in [-0.39, 0.29) is 18.0 Å². The summed E-state index contributed by atoms with van der Waals surface area (Å²) >= 11 is 3.20. The molecule has 1 aromatic rings. The average molecular weight is 352 g/mol. The highest BCUT2D eigenvalue weighted by Crippen LogP contribution is 2.26. The molecule has 19 heavy (non-hydrogen) atoms. The fourth-order valence-corrected chi connectivity index (χ4v) is 2.49. The maximum Gasteiger partial charge on any atom is 0.270 e. The van der Waals surface area contributed by atoms with E-state index in [4.69, 9.17) is 0 Å². The molecule has 1 rings (SSSR count). The lowest BCUT2D eigenvalue weighted by Gasteiger charge is -2.12. The molecule has 0 saturated heterocycles. The van der Waals surface area contributed by atoms with Crippen molar-refractivity contribution in [3.8, 4) is 0 Å². The van der Waals surface area contributed by atoms with E-state index in [2.05, 4.69) is 21.2 Å². The molecule has 0 unspecified atom stereocenters. The SMILES string of the molecule is CN(C)S(=O)(=O)CCNc1ccc([N+](=O)[O-])cc1Br. The maximum atomic E-state index is 11.5. The lowest BCUT2D eigenvalue weighted by molar-refractivity contribution is -0.384. The minimum atomic E-state index is -3.26. The number of nitro groups is 1. The number of benzene rings is 1. The highest BCUT2D eigenvalue weighted by Gasteiger charge is 2.13. The minimum absolute atomic E-state index is 0.0293. The molecule has 0 aliphatic carbocycles. The van der Waals surface area contributed by atoms with Crippen LogP contribution in [0, 0.1) is 10.1 Å². The molecule has 0 spiro atoms. The first-order valence-corrected chi connectivity index (χ1v) is 7.72. The highest BCUT2D eigenvalue weighted by molar-refractivity contribution is 9.10. The zero-order valence-electron chi connectivity index (χ0n) is 10.5. The second-order valence-corrected chi connectivity index (χ2v) is 7.10. The molecule has 0 radical (unpaired) electrons. The molecule has 9 heteroatoms. The number of hydrogen-bond donors (Lipinski definition) is 1. The van der Waals surface area contributed by atoms with Gasteiger partial charge in [-0.2, -0.15) is 0 Å². The van der Waals surface area contributed by atoms with Crippen molar-refractivity contribution < 1.29 is 13.3 Å². The summed E-state index contributed by atoms with van der Waals surface area (Å²) in [4.78, 5) is 10.1. The Kier molecular flexibility index (Phi) is 5.27. The zero-order valence-corrected chi connectivity index (χ0v) is 12.9. The van der Waals surface area contributed by atoms with Gasteiger partial charge in [-0.05, 0) is 22.0 Å². The molecule has 0 heterocycles. The lowest BCUT2D eigenvalue weighted by Crippen LogP contribution is -2.28. The molecular weight excluding hydrogens is 338 g/mol. The number of nitrogens with zero attached hydrogens (tertiary/aromatic N) is 2. The molecule has 0 bridgehead atoms. The number of hydrogen-bond acceptors (Lipinski definition) is 5. The van der Waals surface area contributed by atoms with Crippen molar-refractivity contribution in [3.05, 3.63) is 32.8 Å². The van der Waals surface area contributed by atoms with Crippen LogP contribution < -0.4 is 5.32 Å². The molecule has 7 nitrogen and oxygen atoms in total. The van der Waals surface area contributed by atoms with Crippen molar-refractivity contribution in [2.24, 2.45) is 0 Å². The fraction of sp³-hybridized carbons (Fsp3) is 0.400. The monoisotopic (exact) mass is 351 g/mol. The molecule has 0 atom stereocenters. The smallest absolute Gasteiger partial charge is 0.270 e. The predicted molar refractivity (Wildman–Crippen MR) is 76.8 cm³/mol. The Balaban J connectivity index is 2.67. The largest absolute Gasteiger partial charge is 0.383 e. The first-order valence-electron chi connectivity index (χ1n) is 5.32. The summed E-state index contributed by atoms with van der Waals surface area (Å²) in [5, 5.41) is 13.5. The van der Waals surface area contributed by atoms with Crippen LogP contribution in [-0.2, 0) is 10.0 Å². The number of sulfonamides is 1. The molecule has 0 fully saturated rings. The van der Waals surface area contributed by atoms with Gasteiger partial charge in [0, 0.05) is 42.9 Å². The Labute approximate surface area is 119 Å². The van der Waals surface area contributed by atoms with Crippen LogP contribution in [0.5, 0.6) is 0 Å². The molecule has 1 N–H and O–H groups in total. The maximum absolute atomic E-state index is 11.5. The van der Waals surface area contributed by atoms with Gasteiger partial charge in [0.2, 0.25) is 10.0 Å². The van der Waals surface area contributed by atoms with Crippen molar-refractivity contribution in [3.63, 3.8) is 0 Å². The normalized spacial score (nSPS) is 11.6. The summed E-state index contributed by atoms with van der Waals surface area (Å²) in [6.45, 7) is 0.219. The molecule has 0 aliphatic rings. The number of non-ortho nitro benzene ring substituents is 1. The van der Waals surface area contributed by atoms with Gasteiger partial charge in [-0.15, -0.1) is 0 Å². The van der Waals surface area contributed by atoms with Crippen LogP contribution in [-0.4, -0.2) is 44.0 Å². The van der Waals surface area contributed by atoms with Crippen LogP contribution >= 0.6 is 15.9 Å². The van der Waals surface area contributed by atoms with Gasteiger partial charge in [-0.3, -0.25) is 10.1 Å². The first-order chi connectivity index (χ1) is 8.74. The standard InChI is InChI=1S/C10H14BrN3O4S/c1-13(2)19(17,18)6-5-12-10-4-3-8(14(15)16)7-9(10)11/h3-4,7,12H,5-6H2,1-2H3. The van der Waals surface area contributed by atoms with Gasteiger partial charge in [-0.1, -0.05) is 0 Å². The van der Waals surface area contributed by atoms with Gasteiger partial charge < -0.3 is 5.32 Å². The first kappa shape index (κ1) is 15.9. The second kappa shape index (κ2) is 6.31. The fourth-order valence-electron chi connectivity index (χ4n) is 1.26. The Bertz CT molecular complexity index is 574. The van der Waals surface area contributed by atoms with Gasteiger partial charge in [0.15, 0.2) is 0 Å². The Morgan fingerprint density at radius 3 is 2.53 bits per heavy atom. The molecule has 0 aromatic heterocycles. The third-order valence-corrected chi connectivity index (χ3v) is 4.88. The second-order valence-electron chi connectivity index (χ2n) is 3.95. The van der Waals surface area contributed by atoms with Gasteiger partial charge in [-0.25, -0.2) is 12.7 Å². The van der Waals surface area contributed by atoms with Crippen LogP contribution in [0.4, 0.5) is 11.4 Å². The van der Waals surface area contributed by atoms with Crippen LogP contribution in [0.15, 0.2) is 22.7 Å². The Hall–Kier alpha value is -1.19. The van der Waals surface area contributed by atoms with E-state index >= 15 is 0 Å². The third kappa shape index (κ3) is 4.44. The van der Waals surface area contributed by atoms with E-state index in [0.717, 1.165) is 4.31 Å². The van der Waals surface area contributed by atoms with Crippen LogP contribution in [0.3, 0.4) is 0 Å². The molecule has 0 saturated carbocycles. The topological polar surface area (TPSA) is 92.6 Å². The van der Waals surface area contributed by atoms with Crippen molar-refractivity contribution in [2.75, 3.05) is 31.7 Å². The molecule has 0 aliphatic heterocycles. The van der Waals surface area contributed by atoms with Gasteiger partial charge in [0.25, 0.3) is 5.69 Å². The average Bonchev–Trinajstić information content (AvgIpc) is 2.30. The van der Waals surface area contributed by atoms with Crippen LogP contribution in [0.2, 0.25) is 0 Å². The quantitative estimate of drug-likeness (QED) is 0.621. The summed E-state index contributed by atoms with van der Waals surface area (Å²) in [7, 11) is -0.317. The predicted octanol–water partition coefficient (Wildman–Crippen LogP) is 1.66. The lowest BCUT2D eigenvalue weighted by atomic mass is 10.3. The molecule has 0 amide bonds. The number of halogens is 1. The Morgan fingerprint density at radius 2 is 2.05 bits per heavy atom.